The van der Waals surface area contributed by atoms with Gasteiger partial charge in [0.05, 0.1) is 0 Å². The Bertz CT molecular complexity index is 705. The molecule has 1 heterocycles. The quantitative estimate of drug-likeness (QED) is 0.888. The number of pyridine rings is 1. The molecule has 0 radical (unpaired) electrons. The molecule has 112 valence electrons. The minimum absolute atomic E-state index is 0.0153. The molecule has 21 heavy (non-hydrogen) atoms. The molecule has 1 aromatic heterocycles. The lowest BCUT2D eigenvalue weighted by molar-refractivity contribution is 0.597. The van der Waals surface area contributed by atoms with Gasteiger partial charge >= 0.3 is 0 Å². The van der Waals surface area contributed by atoms with Gasteiger partial charge in [0.1, 0.15) is 0 Å². The third-order valence-electron chi connectivity index (χ3n) is 2.93. The summed E-state index contributed by atoms with van der Waals surface area (Å²) in [6.45, 7) is 4.50. The summed E-state index contributed by atoms with van der Waals surface area (Å²) in [6.07, 6.45) is 1.56. The molecule has 0 unspecified atom stereocenters. The van der Waals surface area contributed by atoms with Crippen molar-refractivity contribution in [2.24, 2.45) is 0 Å². The first kappa shape index (κ1) is 15.5. The standard InChI is InChI=1S/C15H19N3O2S/c1-11-6-12(2)8-14(7-11)18-21(19,20)15-5-4-13(9-16-3)10-17-15/h4-8,10,16,18H,9H2,1-3H3. The Kier molecular flexibility index (Phi) is 4.59. The maximum atomic E-state index is 12.3. The summed E-state index contributed by atoms with van der Waals surface area (Å²) >= 11 is 0. The van der Waals surface area contributed by atoms with Crippen LogP contribution in [0.2, 0.25) is 0 Å². The number of aryl methyl sites for hydroxylation is 2. The van der Waals surface area contributed by atoms with Gasteiger partial charge in [0.2, 0.25) is 0 Å². The Labute approximate surface area is 125 Å². The molecule has 2 N–H and O–H groups in total. The summed E-state index contributed by atoms with van der Waals surface area (Å²) in [5.41, 5.74) is 3.49. The molecule has 0 bridgehead atoms. The van der Waals surface area contributed by atoms with Crippen LogP contribution in [0.4, 0.5) is 5.69 Å². The van der Waals surface area contributed by atoms with Crippen LogP contribution in [0.5, 0.6) is 0 Å². The molecule has 0 aliphatic carbocycles. The number of nitrogens with zero attached hydrogens (tertiary/aromatic N) is 1. The van der Waals surface area contributed by atoms with Gasteiger partial charge in [0.25, 0.3) is 10.0 Å². The molecule has 5 nitrogen and oxygen atoms in total. The van der Waals surface area contributed by atoms with Gasteiger partial charge in [-0.1, -0.05) is 12.1 Å². The normalized spacial score (nSPS) is 11.4. The molecule has 0 atom stereocenters. The Hall–Kier alpha value is -1.92. The van der Waals surface area contributed by atoms with E-state index in [2.05, 4.69) is 15.0 Å². The van der Waals surface area contributed by atoms with E-state index in [9.17, 15) is 8.42 Å². The number of anilines is 1. The van der Waals surface area contributed by atoms with Crippen molar-refractivity contribution in [2.45, 2.75) is 25.4 Å². The molecule has 0 spiro atoms. The molecule has 0 saturated carbocycles. The third kappa shape index (κ3) is 4.03. The van der Waals surface area contributed by atoms with Crippen LogP contribution >= 0.6 is 0 Å². The number of sulfonamides is 1. The highest BCUT2D eigenvalue weighted by Crippen LogP contribution is 2.18. The largest absolute Gasteiger partial charge is 0.316 e. The van der Waals surface area contributed by atoms with Crippen molar-refractivity contribution < 1.29 is 8.42 Å². The van der Waals surface area contributed by atoms with E-state index in [0.29, 0.717) is 12.2 Å². The first-order valence-electron chi connectivity index (χ1n) is 6.61. The van der Waals surface area contributed by atoms with E-state index in [1.165, 1.54) is 6.07 Å². The van der Waals surface area contributed by atoms with Crippen LogP contribution in [-0.4, -0.2) is 20.4 Å². The zero-order valence-corrected chi connectivity index (χ0v) is 13.2. The number of aromatic nitrogens is 1. The molecule has 0 aliphatic heterocycles. The van der Waals surface area contributed by atoms with Crippen molar-refractivity contribution in [3.05, 3.63) is 53.2 Å². The highest BCUT2D eigenvalue weighted by atomic mass is 32.2. The van der Waals surface area contributed by atoms with Crippen LogP contribution in [0, 0.1) is 13.8 Å². The monoisotopic (exact) mass is 305 g/mol. The Morgan fingerprint density at radius 1 is 1.10 bits per heavy atom. The van der Waals surface area contributed by atoms with Crippen LogP contribution in [0.25, 0.3) is 0 Å². The van der Waals surface area contributed by atoms with Crippen molar-refractivity contribution in [2.75, 3.05) is 11.8 Å². The topological polar surface area (TPSA) is 71.1 Å². The fraction of sp³-hybridized carbons (Fsp3) is 0.267. The first-order valence-corrected chi connectivity index (χ1v) is 8.10. The minimum Gasteiger partial charge on any atom is -0.316 e. The van der Waals surface area contributed by atoms with Crippen molar-refractivity contribution in [1.82, 2.24) is 10.3 Å². The summed E-state index contributed by atoms with van der Waals surface area (Å²) < 4.78 is 27.2. The Balaban J connectivity index is 2.25. The van der Waals surface area contributed by atoms with E-state index >= 15 is 0 Å². The number of hydrogen-bond donors (Lipinski definition) is 2. The molecule has 0 fully saturated rings. The average molecular weight is 305 g/mol. The molecule has 0 saturated heterocycles. The fourth-order valence-electron chi connectivity index (χ4n) is 2.12. The predicted octanol–water partition coefficient (Wildman–Crippen LogP) is 2.22. The second kappa shape index (κ2) is 6.24. The summed E-state index contributed by atoms with van der Waals surface area (Å²) in [5, 5.41) is 3.00. The third-order valence-corrected chi connectivity index (χ3v) is 4.22. The fourth-order valence-corrected chi connectivity index (χ4v) is 3.09. The van der Waals surface area contributed by atoms with E-state index in [1.54, 1.807) is 24.4 Å². The number of hydrogen-bond acceptors (Lipinski definition) is 4. The lowest BCUT2D eigenvalue weighted by Crippen LogP contribution is -2.15. The van der Waals surface area contributed by atoms with Gasteiger partial charge in [0.15, 0.2) is 5.03 Å². The highest BCUT2D eigenvalue weighted by molar-refractivity contribution is 7.92. The summed E-state index contributed by atoms with van der Waals surface area (Å²) in [7, 11) is -1.83. The van der Waals surface area contributed by atoms with Crippen molar-refractivity contribution in [3.63, 3.8) is 0 Å². The number of rotatable bonds is 5. The molecular weight excluding hydrogens is 286 g/mol. The maximum absolute atomic E-state index is 12.3. The van der Waals surface area contributed by atoms with Crippen LogP contribution in [-0.2, 0) is 16.6 Å². The van der Waals surface area contributed by atoms with E-state index in [4.69, 9.17) is 0 Å². The van der Waals surface area contributed by atoms with Crippen molar-refractivity contribution >= 4 is 15.7 Å². The smallest absolute Gasteiger partial charge is 0.279 e. The van der Waals surface area contributed by atoms with Crippen LogP contribution in [0.1, 0.15) is 16.7 Å². The van der Waals surface area contributed by atoms with Gasteiger partial charge in [-0.15, -0.1) is 0 Å². The molecule has 2 aromatic rings. The molecule has 2 rings (SSSR count). The van der Waals surface area contributed by atoms with Gasteiger partial charge in [-0.3, -0.25) is 4.72 Å². The second-order valence-electron chi connectivity index (χ2n) is 5.02. The molecule has 0 amide bonds. The van der Waals surface area contributed by atoms with Gasteiger partial charge < -0.3 is 5.32 Å². The minimum atomic E-state index is -3.66. The zero-order chi connectivity index (χ0) is 15.5. The lowest BCUT2D eigenvalue weighted by atomic mass is 10.1. The zero-order valence-electron chi connectivity index (χ0n) is 12.3. The molecule has 6 heteroatoms. The molecule has 1 aromatic carbocycles. The van der Waals surface area contributed by atoms with Gasteiger partial charge in [-0.2, -0.15) is 8.42 Å². The van der Waals surface area contributed by atoms with E-state index < -0.39 is 10.0 Å². The van der Waals surface area contributed by atoms with Crippen molar-refractivity contribution in [3.8, 4) is 0 Å². The number of benzene rings is 1. The molecule has 0 aliphatic rings. The van der Waals surface area contributed by atoms with Gasteiger partial charge in [-0.25, -0.2) is 4.98 Å². The Morgan fingerprint density at radius 2 is 1.76 bits per heavy atom. The van der Waals surface area contributed by atoms with Crippen LogP contribution in [0.3, 0.4) is 0 Å². The maximum Gasteiger partial charge on any atom is 0.279 e. The molecular formula is C15H19N3O2S. The van der Waals surface area contributed by atoms with Crippen LogP contribution < -0.4 is 10.0 Å². The summed E-state index contributed by atoms with van der Waals surface area (Å²) in [5.74, 6) is 0. The van der Waals surface area contributed by atoms with Gasteiger partial charge in [0, 0.05) is 18.4 Å². The van der Waals surface area contributed by atoms with Crippen LogP contribution in [0.15, 0.2) is 41.6 Å². The van der Waals surface area contributed by atoms with Gasteiger partial charge in [-0.05, 0) is 55.8 Å². The first-order chi connectivity index (χ1) is 9.90. The predicted molar refractivity (Wildman–Crippen MR) is 83.7 cm³/mol. The van der Waals surface area contributed by atoms with Crippen molar-refractivity contribution in [1.29, 1.82) is 0 Å². The van der Waals surface area contributed by atoms with E-state index in [-0.39, 0.29) is 5.03 Å². The second-order valence-corrected chi connectivity index (χ2v) is 6.65. The van der Waals surface area contributed by atoms with E-state index in [0.717, 1.165) is 16.7 Å². The summed E-state index contributed by atoms with van der Waals surface area (Å²) in [6, 6.07) is 8.83. The Morgan fingerprint density at radius 3 is 2.29 bits per heavy atom. The average Bonchev–Trinajstić information content (AvgIpc) is 2.38. The lowest BCUT2D eigenvalue weighted by Gasteiger charge is -2.09. The highest BCUT2D eigenvalue weighted by Gasteiger charge is 2.16. The van der Waals surface area contributed by atoms with E-state index in [1.807, 2.05) is 27.0 Å². The summed E-state index contributed by atoms with van der Waals surface area (Å²) in [4.78, 5) is 4.02. The SMILES string of the molecule is CNCc1ccc(S(=O)(=O)Nc2cc(C)cc(C)c2)nc1. The number of nitrogens with one attached hydrogen (secondary N) is 2.